The van der Waals surface area contributed by atoms with Crippen molar-refractivity contribution in [3.63, 3.8) is 0 Å². The molecule has 0 aromatic heterocycles. The van der Waals surface area contributed by atoms with Gasteiger partial charge in [-0.3, -0.25) is 14.4 Å². The Bertz CT molecular complexity index is 164. The Hall–Kier alpha value is -1.67. The molecule has 0 heterocycles. The SMILES string of the molecule is CC(=O)O.CC(=O)O.CC(=O)O.NCCCCN. The number of unbranched alkanes of at least 4 members (excludes halogenated alkanes) is 1. The second kappa shape index (κ2) is 24.5. The number of nitrogens with two attached hydrogens (primary N) is 2. The standard InChI is InChI=1S/C4H12N2.3C2H4O2/c5-3-1-2-4-6;3*1-2(3)4/h1-6H2;3*1H3,(H,3,4). The van der Waals surface area contributed by atoms with E-state index in [-0.39, 0.29) is 0 Å². The first-order valence-electron chi connectivity index (χ1n) is 5.10. The normalized spacial score (nSPS) is 7.17. The average Bonchev–Trinajstić information content (AvgIpc) is 2.11. The maximum absolute atomic E-state index is 9.00. The zero-order valence-electron chi connectivity index (χ0n) is 11.0. The van der Waals surface area contributed by atoms with Crippen molar-refractivity contribution in [2.45, 2.75) is 33.6 Å². The van der Waals surface area contributed by atoms with Crippen LogP contribution in [0.1, 0.15) is 33.6 Å². The number of carboxylic acid groups (broad SMARTS) is 3. The van der Waals surface area contributed by atoms with E-state index in [0.717, 1.165) is 46.7 Å². The zero-order chi connectivity index (χ0) is 15.6. The van der Waals surface area contributed by atoms with Gasteiger partial charge in [0.25, 0.3) is 17.9 Å². The molecule has 0 radical (unpaired) electrons. The Morgan fingerprint density at radius 1 is 0.722 bits per heavy atom. The summed E-state index contributed by atoms with van der Waals surface area (Å²) in [5, 5.41) is 22.2. The number of carboxylic acids is 3. The van der Waals surface area contributed by atoms with E-state index in [1.54, 1.807) is 0 Å². The highest BCUT2D eigenvalue weighted by Crippen LogP contribution is 1.77. The van der Waals surface area contributed by atoms with Gasteiger partial charge in [-0.1, -0.05) is 0 Å². The van der Waals surface area contributed by atoms with Gasteiger partial charge in [-0.2, -0.15) is 0 Å². The Kier molecular flexibility index (Phi) is 34.4. The summed E-state index contributed by atoms with van der Waals surface area (Å²) in [6, 6.07) is 0. The summed E-state index contributed by atoms with van der Waals surface area (Å²) in [6.45, 7) is 4.80. The lowest BCUT2D eigenvalue weighted by Gasteiger charge is -1.87. The van der Waals surface area contributed by atoms with Gasteiger partial charge in [-0.25, -0.2) is 0 Å². The fraction of sp³-hybridized carbons (Fsp3) is 0.700. The Morgan fingerprint density at radius 2 is 0.833 bits per heavy atom. The van der Waals surface area contributed by atoms with Crippen LogP contribution in [0.5, 0.6) is 0 Å². The topological polar surface area (TPSA) is 164 Å². The number of carbonyl (C=O) groups is 3. The molecule has 0 aromatic carbocycles. The van der Waals surface area contributed by atoms with Crippen molar-refractivity contribution < 1.29 is 29.7 Å². The Labute approximate surface area is 107 Å². The molecule has 0 aliphatic rings. The summed E-state index contributed by atoms with van der Waals surface area (Å²) in [4.78, 5) is 27.0. The minimum Gasteiger partial charge on any atom is -0.481 e. The number of rotatable bonds is 3. The lowest BCUT2D eigenvalue weighted by Crippen LogP contribution is -2.03. The first-order valence-corrected chi connectivity index (χ1v) is 5.10. The number of hydrogen-bond donors (Lipinski definition) is 5. The summed E-state index contributed by atoms with van der Waals surface area (Å²) in [6.07, 6.45) is 2.13. The van der Waals surface area contributed by atoms with Crippen LogP contribution in [-0.4, -0.2) is 46.3 Å². The predicted molar refractivity (Wildman–Crippen MR) is 67.3 cm³/mol. The number of aliphatic carboxylic acids is 3. The van der Waals surface area contributed by atoms with Crippen molar-refractivity contribution in [3.8, 4) is 0 Å². The van der Waals surface area contributed by atoms with Gasteiger partial charge in [0.1, 0.15) is 0 Å². The molecule has 0 bridgehead atoms. The first kappa shape index (κ1) is 25.2. The van der Waals surface area contributed by atoms with Gasteiger partial charge >= 0.3 is 0 Å². The molecule has 0 unspecified atom stereocenters. The van der Waals surface area contributed by atoms with E-state index < -0.39 is 17.9 Å². The molecule has 0 aliphatic carbocycles. The van der Waals surface area contributed by atoms with E-state index >= 15 is 0 Å². The summed E-state index contributed by atoms with van der Waals surface area (Å²) < 4.78 is 0. The van der Waals surface area contributed by atoms with Gasteiger partial charge < -0.3 is 26.8 Å². The van der Waals surface area contributed by atoms with Crippen LogP contribution in [0, 0.1) is 0 Å². The van der Waals surface area contributed by atoms with Gasteiger partial charge in [0.05, 0.1) is 0 Å². The van der Waals surface area contributed by atoms with Gasteiger partial charge in [0, 0.05) is 20.8 Å². The lowest BCUT2D eigenvalue weighted by molar-refractivity contribution is -0.135. The maximum Gasteiger partial charge on any atom is 0.300 e. The third-order valence-electron chi connectivity index (χ3n) is 0.658. The van der Waals surface area contributed by atoms with Gasteiger partial charge in [-0.15, -0.1) is 0 Å². The molecule has 0 aromatic rings. The predicted octanol–water partition coefficient (Wildman–Crippen LogP) is -0.0433. The molecule has 0 rings (SSSR count). The molecular weight excluding hydrogens is 244 g/mol. The van der Waals surface area contributed by atoms with Crippen LogP contribution in [0.2, 0.25) is 0 Å². The van der Waals surface area contributed by atoms with Crippen molar-refractivity contribution in [3.05, 3.63) is 0 Å². The largest absolute Gasteiger partial charge is 0.481 e. The molecule has 0 spiro atoms. The van der Waals surface area contributed by atoms with Crippen LogP contribution < -0.4 is 11.5 Å². The van der Waals surface area contributed by atoms with Crippen molar-refractivity contribution in [1.82, 2.24) is 0 Å². The summed E-state index contributed by atoms with van der Waals surface area (Å²) in [7, 11) is 0. The Balaban J connectivity index is -0.0000000742. The second-order valence-electron chi connectivity index (χ2n) is 2.84. The first-order chi connectivity index (χ1) is 8.11. The van der Waals surface area contributed by atoms with Crippen molar-refractivity contribution in [2.75, 3.05) is 13.1 Å². The van der Waals surface area contributed by atoms with Crippen molar-refractivity contribution >= 4 is 17.9 Å². The molecule has 0 saturated heterocycles. The van der Waals surface area contributed by atoms with Gasteiger partial charge in [0.2, 0.25) is 0 Å². The van der Waals surface area contributed by atoms with Crippen LogP contribution >= 0.6 is 0 Å². The fourth-order valence-corrected chi connectivity index (χ4v) is 0.289. The molecule has 0 aliphatic heterocycles. The highest BCUT2D eigenvalue weighted by molar-refractivity contribution is 5.63. The third kappa shape index (κ3) is 1440. The highest BCUT2D eigenvalue weighted by Gasteiger charge is 1.75. The molecule has 0 fully saturated rings. The van der Waals surface area contributed by atoms with Crippen LogP contribution in [0.15, 0.2) is 0 Å². The minimum absolute atomic E-state index is 0.775. The van der Waals surface area contributed by atoms with E-state index in [4.69, 9.17) is 41.2 Å². The Morgan fingerprint density at radius 3 is 0.889 bits per heavy atom. The summed E-state index contributed by atoms with van der Waals surface area (Å²) in [5.74, 6) is -2.50. The van der Waals surface area contributed by atoms with Crippen molar-refractivity contribution in [1.29, 1.82) is 0 Å². The van der Waals surface area contributed by atoms with Crippen LogP contribution in [0.25, 0.3) is 0 Å². The fourth-order valence-electron chi connectivity index (χ4n) is 0.289. The molecule has 8 nitrogen and oxygen atoms in total. The third-order valence-corrected chi connectivity index (χ3v) is 0.658. The monoisotopic (exact) mass is 268 g/mol. The highest BCUT2D eigenvalue weighted by atomic mass is 16.4. The zero-order valence-corrected chi connectivity index (χ0v) is 11.0. The molecule has 0 atom stereocenters. The molecule has 0 amide bonds. The van der Waals surface area contributed by atoms with E-state index in [2.05, 4.69) is 0 Å². The summed E-state index contributed by atoms with van der Waals surface area (Å²) in [5.41, 5.74) is 10.3. The van der Waals surface area contributed by atoms with Crippen LogP contribution in [-0.2, 0) is 14.4 Å². The molecular formula is C10H24N2O6. The van der Waals surface area contributed by atoms with E-state index in [1.165, 1.54) is 0 Å². The number of hydrogen-bond acceptors (Lipinski definition) is 5. The molecule has 110 valence electrons. The van der Waals surface area contributed by atoms with Crippen LogP contribution in [0.4, 0.5) is 0 Å². The lowest BCUT2D eigenvalue weighted by atomic mass is 10.3. The van der Waals surface area contributed by atoms with E-state index in [1.807, 2.05) is 0 Å². The summed E-state index contributed by atoms with van der Waals surface area (Å²) >= 11 is 0. The molecule has 7 N–H and O–H groups in total. The molecule has 8 heteroatoms. The second-order valence-corrected chi connectivity index (χ2v) is 2.84. The van der Waals surface area contributed by atoms with E-state index in [9.17, 15) is 0 Å². The molecule has 18 heavy (non-hydrogen) atoms. The molecule has 0 saturated carbocycles. The van der Waals surface area contributed by atoms with Crippen LogP contribution in [0.3, 0.4) is 0 Å². The smallest absolute Gasteiger partial charge is 0.300 e. The maximum atomic E-state index is 9.00. The average molecular weight is 268 g/mol. The van der Waals surface area contributed by atoms with E-state index in [0.29, 0.717) is 0 Å². The van der Waals surface area contributed by atoms with Gasteiger partial charge in [-0.05, 0) is 25.9 Å². The quantitative estimate of drug-likeness (QED) is 0.445. The van der Waals surface area contributed by atoms with Crippen molar-refractivity contribution in [2.24, 2.45) is 11.5 Å². The van der Waals surface area contributed by atoms with Gasteiger partial charge in [0.15, 0.2) is 0 Å². The minimum atomic E-state index is -0.833.